The highest BCUT2D eigenvalue weighted by molar-refractivity contribution is 5.48. The molecule has 1 saturated heterocycles. The van der Waals surface area contributed by atoms with Gasteiger partial charge in [-0.05, 0) is 55.9 Å². The van der Waals surface area contributed by atoms with E-state index in [1.165, 1.54) is 35.2 Å². The third-order valence-electron chi connectivity index (χ3n) is 4.83. The number of anilines is 1. The van der Waals surface area contributed by atoms with E-state index >= 15 is 0 Å². The normalized spacial score (nSPS) is 17.5. The molecular formula is C20H26N2. The molecule has 22 heavy (non-hydrogen) atoms. The maximum atomic E-state index is 5.92. The van der Waals surface area contributed by atoms with Crippen LogP contribution in [0.2, 0.25) is 0 Å². The summed E-state index contributed by atoms with van der Waals surface area (Å²) in [5.74, 6) is 0.709. The van der Waals surface area contributed by atoms with Crippen LogP contribution >= 0.6 is 0 Å². The molecule has 0 aliphatic carbocycles. The SMILES string of the molecule is Cc1ccc(C2CCN(c3ccc(C(C)N)cc3)CC2)cc1. The van der Waals surface area contributed by atoms with Crippen LogP contribution in [0.5, 0.6) is 0 Å². The first-order chi connectivity index (χ1) is 10.6. The first kappa shape index (κ1) is 15.1. The minimum absolute atomic E-state index is 0.112. The van der Waals surface area contributed by atoms with E-state index in [2.05, 4.69) is 60.4 Å². The van der Waals surface area contributed by atoms with Gasteiger partial charge in [0.25, 0.3) is 0 Å². The quantitative estimate of drug-likeness (QED) is 0.909. The number of hydrogen-bond acceptors (Lipinski definition) is 2. The molecule has 1 aliphatic heterocycles. The topological polar surface area (TPSA) is 29.3 Å². The second kappa shape index (κ2) is 6.53. The number of hydrogen-bond donors (Lipinski definition) is 1. The largest absolute Gasteiger partial charge is 0.371 e. The van der Waals surface area contributed by atoms with E-state index < -0.39 is 0 Å². The summed E-state index contributed by atoms with van der Waals surface area (Å²) in [6, 6.07) is 17.9. The summed E-state index contributed by atoms with van der Waals surface area (Å²) in [7, 11) is 0. The summed E-state index contributed by atoms with van der Waals surface area (Å²) >= 11 is 0. The Morgan fingerprint density at radius 3 is 2.09 bits per heavy atom. The average Bonchev–Trinajstić information content (AvgIpc) is 2.56. The van der Waals surface area contributed by atoms with Crippen LogP contribution in [0.1, 0.15) is 48.4 Å². The third kappa shape index (κ3) is 3.33. The lowest BCUT2D eigenvalue weighted by Crippen LogP contribution is -2.32. The number of piperidine rings is 1. The number of benzene rings is 2. The summed E-state index contributed by atoms with van der Waals surface area (Å²) in [5.41, 5.74) is 11.3. The van der Waals surface area contributed by atoms with Gasteiger partial charge < -0.3 is 10.6 Å². The Hall–Kier alpha value is -1.80. The van der Waals surface area contributed by atoms with Crippen molar-refractivity contribution in [3.63, 3.8) is 0 Å². The molecular weight excluding hydrogens is 268 g/mol. The van der Waals surface area contributed by atoms with E-state index in [4.69, 9.17) is 5.73 Å². The molecule has 3 rings (SSSR count). The van der Waals surface area contributed by atoms with Crippen LogP contribution in [-0.4, -0.2) is 13.1 Å². The Labute approximate surface area is 134 Å². The first-order valence-corrected chi connectivity index (χ1v) is 8.30. The van der Waals surface area contributed by atoms with E-state index in [0.717, 1.165) is 13.1 Å². The second-order valence-corrected chi connectivity index (χ2v) is 6.55. The van der Waals surface area contributed by atoms with Crippen molar-refractivity contribution in [3.8, 4) is 0 Å². The fourth-order valence-corrected chi connectivity index (χ4v) is 3.30. The molecule has 2 nitrogen and oxygen atoms in total. The summed E-state index contributed by atoms with van der Waals surface area (Å²) in [5, 5.41) is 0. The van der Waals surface area contributed by atoms with E-state index in [9.17, 15) is 0 Å². The summed E-state index contributed by atoms with van der Waals surface area (Å²) in [6.45, 7) is 6.45. The Bertz CT molecular complexity index is 591. The number of rotatable bonds is 3. The maximum Gasteiger partial charge on any atom is 0.0366 e. The second-order valence-electron chi connectivity index (χ2n) is 6.55. The van der Waals surface area contributed by atoms with Crippen LogP contribution in [0, 0.1) is 6.92 Å². The molecule has 1 aliphatic rings. The van der Waals surface area contributed by atoms with Gasteiger partial charge in [-0.3, -0.25) is 0 Å². The molecule has 2 aromatic rings. The van der Waals surface area contributed by atoms with Gasteiger partial charge in [0.1, 0.15) is 0 Å². The average molecular weight is 294 g/mol. The molecule has 1 heterocycles. The molecule has 1 atom stereocenters. The van der Waals surface area contributed by atoms with Crippen molar-refractivity contribution in [1.82, 2.24) is 0 Å². The van der Waals surface area contributed by atoms with Crippen molar-refractivity contribution in [2.75, 3.05) is 18.0 Å². The predicted molar refractivity (Wildman–Crippen MR) is 94.4 cm³/mol. The predicted octanol–water partition coefficient (Wildman–Crippen LogP) is 4.40. The number of aryl methyl sites for hydroxylation is 1. The van der Waals surface area contributed by atoms with E-state index in [-0.39, 0.29) is 6.04 Å². The van der Waals surface area contributed by atoms with Crippen LogP contribution < -0.4 is 10.6 Å². The Balaban J connectivity index is 1.62. The van der Waals surface area contributed by atoms with Gasteiger partial charge in [0.15, 0.2) is 0 Å². The highest BCUT2D eigenvalue weighted by Gasteiger charge is 2.20. The van der Waals surface area contributed by atoms with Gasteiger partial charge in [-0.25, -0.2) is 0 Å². The van der Waals surface area contributed by atoms with Crippen molar-refractivity contribution in [2.24, 2.45) is 5.73 Å². The van der Waals surface area contributed by atoms with Gasteiger partial charge in [0.05, 0.1) is 0 Å². The van der Waals surface area contributed by atoms with Gasteiger partial charge in [-0.2, -0.15) is 0 Å². The lowest BCUT2D eigenvalue weighted by Gasteiger charge is -2.34. The number of nitrogens with zero attached hydrogens (tertiary/aromatic N) is 1. The first-order valence-electron chi connectivity index (χ1n) is 8.30. The molecule has 0 saturated carbocycles. The van der Waals surface area contributed by atoms with Crippen molar-refractivity contribution >= 4 is 5.69 Å². The zero-order valence-electron chi connectivity index (χ0n) is 13.6. The van der Waals surface area contributed by atoms with Crippen LogP contribution in [0.15, 0.2) is 48.5 Å². The highest BCUT2D eigenvalue weighted by atomic mass is 15.1. The molecule has 1 unspecified atom stereocenters. The molecule has 0 aromatic heterocycles. The van der Waals surface area contributed by atoms with Gasteiger partial charge in [0, 0.05) is 24.8 Å². The van der Waals surface area contributed by atoms with Gasteiger partial charge in [0.2, 0.25) is 0 Å². The molecule has 2 aromatic carbocycles. The number of nitrogens with two attached hydrogens (primary N) is 1. The lowest BCUT2D eigenvalue weighted by molar-refractivity contribution is 0.505. The van der Waals surface area contributed by atoms with Crippen molar-refractivity contribution in [3.05, 3.63) is 65.2 Å². The van der Waals surface area contributed by atoms with Crippen LogP contribution in [-0.2, 0) is 0 Å². The third-order valence-corrected chi connectivity index (χ3v) is 4.83. The summed E-state index contributed by atoms with van der Waals surface area (Å²) < 4.78 is 0. The molecule has 1 fully saturated rings. The monoisotopic (exact) mass is 294 g/mol. The minimum Gasteiger partial charge on any atom is -0.371 e. The molecule has 116 valence electrons. The molecule has 0 spiro atoms. The Morgan fingerprint density at radius 2 is 1.55 bits per heavy atom. The molecule has 0 bridgehead atoms. The zero-order valence-corrected chi connectivity index (χ0v) is 13.6. The fraction of sp³-hybridized carbons (Fsp3) is 0.400. The van der Waals surface area contributed by atoms with E-state index in [1.54, 1.807) is 0 Å². The van der Waals surface area contributed by atoms with Crippen LogP contribution in [0.3, 0.4) is 0 Å². The van der Waals surface area contributed by atoms with Crippen molar-refractivity contribution < 1.29 is 0 Å². The highest BCUT2D eigenvalue weighted by Crippen LogP contribution is 2.30. The van der Waals surface area contributed by atoms with E-state index in [0.29, 0.717) is 5.92 Å². The van der Waals surface area contributed by atoms with Crippen molar-refractivity contribution in [2.45, 2.75) is 38.6 Å². The molecule has 0 amide bonds. The van der Waals surface area contributed by atoms with Crippen molar-refractivity contribution in [1.29, 1.82) is 0 Å². The summed E-state index contributed by atoms with van der Waals surface area (Å²) in [4.78, 5) is 2.50. The smallest absolute Gasteiger partial charge is 0.0366 e. The summed E-state index contributed by atoms with van der Waals surface area (Å²) in [6.07, 6.45) is 2.47. The van der Waals surface area contributed by atoms with Gasteiger partial charge in [-0.1, -0.05) is 42.0 Å². The van der Waals surface area contributed by atoms with Crippen LogP contribution in [0.4, 0.5) is 5.69 Å². The maximum absolute atomic E-state index is 5.92. The van der Waals surface area contributed by atoms with E-state index in [1.807, 2.05) is 6.92 Å². The zero-order chi connectivity index (χ0) is 15.5. The minimum atomic E-state index is 0.112. The lowest BCUT2D eigenvalue weighted by atomic mass is 9.89. The Morgan fingerprint density at radius 1 is 0.955 bits per heavy atom. The molecule has 2 heteroatoms. The Kier molecular flexibility index (Phi) is 4.49. The van der Waals surface area contributed by atoms with Gasteiger partial charge >= 0.3 is 0 Å². The molecule has 0 radical (unpaired) electrons. The van der Waals surface area contributed by atoms with Gasteiger partial charge in [-0.15, -0.1) is 0 Å². The standard InChI is InChI=1S/C20H26N2/c1-15-3-5-18(6-4-15)19-11-13-22(14-12-19)20-9-7-17(8-10-20)16(2)21/h3-10,16,19H,11-14,21H2,1-2H3. The fourth-order valence-electron chi connectivity index (χ4n) is 3.30. The molecule has 2 N–H and O–H groups in total. The van der Waals surface area contributed by atoms with Crippen LogP contribution in [0.25, 0.3) is 0 Å².